The first kappa shape index (κ1) is 12.9. The van der Waals surface area contributed by atoms with Gasteiger partial charge in [-0.25, -0.2) is 9.48 Å². The predicted molar refractivity (Wildman–Crippen MR) is 57.6 cm³/mol. The van der Waals surface area contributed by atoms with Gasteiger partial charge in [-0.05, 0) is 6.42 Å². The molecule has 0 aromatic carbocycles. The fourth-order valence-electron chi connectivity index (χ4n) is 1.21. The van der Waals surface area contributed by atoms with Gasteiger partial charge in [0.25, 0.3) is 10.1 Å². The Labute approximate surface area is 93.8 Å². The van der Waals surface area contributed by atoms with Crippen LogP contribution in [-0.4, -0.2) is 35.6 Å². The highest BCUT2D eigenvalue weighted by Gasteiger charge is 2.07. The third-order valence-electron chi connectivity index (χ3n) is 2.17. The van der Waals surface area contributed by atoms with E-state index in [2.05, 4.69) is 9.17 Å². The molecule has 7 nitrogen and oxygen atoms in total. The highest BCUT2D eigenvalue weighted by Crippen LogP contribution is 1.98. The number of hydrogen-bond acceptors (Lipinski definition) is 5. The molecular formula is C8H15N3O4S. The monoisotopic (exact) mass is 249 g/mol. The molecule has 0 aliphatic carbocycles. The molecule has 92 valence electrons. The number of hydrogen-bond donors (Lipinski definition) is 0. The van der Waals surface area contributed by atoms with Gasteiger partial charge in [0.05, 0.1) is 12.9 Å². The molecule has 8 heteroatoms. The minimum absolute atomic E-state index is 0.101. The van der Waals surface area contributed by atoms with Crippen molar-refractivity contribution in [1.29, 1.82) is 0 Å². The van der Waals surface area contributed by atoms with Gasteiger partial charge in [-0.1, -0.05) is 0 Å². The lowest BCUT2D eigenvalue weighted by molar-refractivity contribution is 0.313. The molecule has 0 bridgehead atoms. The van der Waals surface area contributed by atoms with Gasteiger partial charge in [0, 0.05) is 20.5 Å². The van der Waals surface area contributed by atoms with Gasteiger partial charge >= 0.3 is 5.69 Å². The van der Waals surface area contributed by atoms with Crippen LogP contribution in [-0.2, 0) is 34.8 Å². The van der Waals surface area contributed by atoms with E-state index in [1.807, 2.05) is 0 Å². The Balaban J connectivity index is 2.50. The summed E-state index contributed by atoms with van der Waals surface area (Å²) >= 11 is 0. The standard InChI is InChI=1S/C8H15N3O4S/c1-10-7(9-8(12)11(10)2)5-4-6-15-16(3,13)14/h4-6H2,1-3H3. The largest absolute Gasteiger partial charge is 0.363 e. The Morgan fingerprint density at radius 1 is 1.31 bits per heavy atom. The van der Waals surface area contributed by atoms with Gasteiger partial charge < -0.3 is 0 Å². The molecular weight excluding hydrogens is 234 g/mol. The first-order chi connectivity index (χ1) is 7.31. The van der Waals surface area contributed by atoms with Crippen LogP contribution in [0.3, 0.4) is 0 Å². The molecule has 1 heterocycles. The third kappa shape index (κ3) is 3.46. The van der Waals surface area contributed by atoms with Crippen LogP contribution < -0.4 is 5.69 Å². The van der Waals surface area contributed by atoms with Crippen molar-refractivity contribution in [1.82, 2.24) is 14.3 Å². The summed E-state index contributed by atoms with van der Waals surface area (Å²) in [5, 5.41) is 0. The predicted octanol–water partition coefficient (Wildman–Crippen LogP) is -0.972. The zero-order chi connectivity index (χ0) is 12.3. The van der Waals surface area contributed by atoms with Crippen LogP contribution in [0.25, 0.3) is 0 Å². The van der Waals surface area contributed by atoms with Crippen molar-refractivity contribution in [2.75, 3.05) is 12.9 Å². The molecule has 16 heavy (non-hydrogen) atoms. The quantitative estimate of drug-likeness (QED) is 0.495. The molecule has 1 aromatic rings. The van der Waals surface area contributed by atoms with Crippen LogP contribution >= 0.6 is 0 Å². The molecule has 0 amide bonds. The molecule has 1 aromatic heterocycles. The first-order valence-electron chi connectivity index (χ1n) is 4.74. The van der Waals surface area contributed by atoms with Crippen LogP contribution in [0.2, 0.25) is 0 Å². The Bertz CT molecular complexity index is 514. The van der Waals surface area contributed by atoms with Gasteiger partial charge in [0.15, 0.2) is 0 Å². The Kier molecular flexibility index (Phi) is 3.87. The number of aryl methyl sites for hydroxylation is 1. The number of nitrogens with zero attached hydrogens (tertiary/aromatic N) is 3. The van der Waals surface area contributed by atoms with E-state index in [4.69, 9.17) is 0 Å². The van der Waals surface area contributed by atoms with Gasteiger partial charge in [-0.2, -0.15) is 13.4 Å². The van der Waals surface area contributed by atoms with Crippen molar-refractivity contribution in [3.05, 3.63) is 16.3 Å². The fraction of sp³-hybridized carbons (Fsp3) is 0.750. The van der Waals surface area contributed by atoms with E-state index in [0.717, 1.165) is 6.26 Å². The van der Waals surface area contributed by atoms with Crippen LogP contribution in [0, 0.1) is 0 Å². The van der Waals surface area contributed by atoms with Crippen LogP contribution in [0.5, 0.6) is 0 Å². The van der Waals surface area contributed by atoms with Crippen molar-refractivity contribution in [2.45, 2.75) is 12.8 Å². The molecule has 0 atom stereocenters. The summed E-state index contributed by atoms with van der Waals surface area (Å²) in [6.07, 6.45) is 2.00. The van der Waals surface area contributed by atoms with E-state index in [0.29, 0.717) is 18.7 Å². The van der Waals surface area contributed by atoms with Crippen molar-refractivity contribution < 1.29 is 12.6 Å². The van der Waals surface area contributed by atoms with E-state index in [1.54, 1.807) is 18.8 Å². The van der Waals surface area contributed by atoms with Crippen LogP contribution in [0.1, 0.15) is 12.2 Å². The number of aromatic nitrogens is 3. The summed E-state index contributed by atoms with van der Waals surface area (Å²) in [6, 6.07) is 0. The molecule has 1 rings (SSSR count). The summed E-state index contributed by atoms with van der Waals surface area (Å²) in [6.45, 7) is 0.101. The van der Waals surface area contributed by atoms with E-state index < -0.39 is 10.1 Å². The normalized spacial score (nSPS) is 11.9. The van der Waals surface area contributed by atoms with Crippen molar-refractivity contribution in [3.63, 3.8) is 0 Å². The van der Waals surface area contributed by atoms with Gasteiger partial charge in [0.2, 0.25) is 0 Å². The summed E-state index contributed by atoms with van der Waals surface area (Å²) in [5.41, 5.74) is -0.318. The topological polar surface area (TPSA) is 83.2 Å². The molecule has 0 saturated carbocycles. The van der Waals surface area contributed by atoms with E-state index in [1.165, 1.54) is 4.68 Å². The second-order valence-electron chi connectivity index (χ2n) is 3.49. The van der Waals surface area contributed by atoms with Crippen molar-refractivity contribution in [2.24, 2.45) is 14.1 Å². The Morgan fingerprint density at radius 2 is 1.94 bits per heavy atom. The lowest BCUT2D eigenvalue weighted by atomic mass is 10.3. The van der Waals surface area contributed by atoms with E-state index >= 15 is 0 Å². The molecule has 0 unspecified atom stereocenters. The second-order valence-corrected chi connectivity index (χ2v) is 5.13. The minimum atomic E-state index is -3.39. The molecule has 0 N–H and O–H groups in total. The average Bonchev–Trinajstić information content (AvgIpc) is 2.40. The van der Waals surface area contributed by atoms with E-state index in [-0.39, 0.29) is 12.3 Å². The summed E-state index contributed by atoms with van der Waals surface area (Å²) in [4.78, 5) is 15.0. The van der Waals surface area contributed by atoms with Crippen LogP contribution in [0.4, 0.5) is 0 Å². The Hall–Kier alpha value is -1.15. The van der Waals surface area contributed by atoms with Crippen molar-refractivity contribution >= 4 is 10.1 Å². The number of rotatable bonds is 5. The first-order valence-corrected chi connectivity index (χ1v) is 6.56. The molecule has 0 saturated heterocycles. The van der Waals surface area contributed by atoms with Crippen molar-refractivity contribution in [3.8, 4) is 0 Å². The maximum atomic E-state index is 11.2. The lowest BCUT2D eigenvalue weighted by Crippen LogP contribution is -2.18. The second kappa shape index (κ2) is 4.79. The summed E-state index contributed by atoms with van der Waals surface area (Å²) in [7, 11) is -0.0455. The molecule has 0 radical (unpaired) electrons. The highest BCUT2D eigenvalue weighted by molar-refractivity contribution is 7.85. The smallest absolute Gasteiger partial charge is 0.271 e. The lowest BCUT2D eigenvalue weighted by Gasteiger charge is -2.03. The Morgan fingerprint density at radius 3 is 2.38 bits per heavy atom. The average molecular weight is 249 g/mol. The summed E-state index contributed by atoms with van der Waals surface area (Å²) in [5.74, 6) is 0.615. The van der Waals surface area contributed by atoms with Gasteiger partial charge in [-0.15, -0.1) is 0 Å². The maximum absolute atomic E-state index is 11.2. The molecule has 0 fully saturated rings. The third-order valence-corrected chi connectivity index (χ3v) is 2.76. The van der Waals surface area contributed by atoms with E-state index in [9.17, 15) is 13.2 Å². The highest BCUT2D eigenvalue weighted by atomic mass is 32.2. The minimum Gasteiger partial charge on any atom is -0.271 e. The molecule has 0 aliphatic rings. The fourth-order valence-corrected chi connectivity index (χ4v) is 1.64. The van der Waals surface area contributed by atoms with Gasteiger partial charge in [0.1, 0.15) is 5.82 Å². The zero-order valence-corrected chi connectivity index (χ0v) is 10.3. The SMILES string of the molecule is Cn1c(CCCOS(C)(=O)=O)nc(=O)n1C. The van der Waals surface area contributed by atoms with Gasteiger partial charge in [-0.3, -0.25) is 8.86 Å². The summed E-state index contributed by atoms with van der Waals surface area (Å²) < 4.78 is 28.9. The van der Waals surface area contributed by atoms with Crippen LogP contribution in [0.15, 0.2) is 4.79 Å². The zero-order valence-electron chi connectivity index (χ0n) is 9.50. The molecule has 0 aliphatic heterocycles. The molecule has 0 spiro atoms. The maximum Gasteiger partial charge on any atom is 0.363 e.